The number of fused-ring (bicyclic) bond motifs is 1. The lowest BCUT2D eigenvalue weighted by atomic mass is 10.1. The number of aryl methyl sites for hydroxylation is 1. The third kappa shape index (κ3) is 1.91. The maximum absolute atomic E-state index is 12.0. The number of hydrogen-bond donors (Lipinski definition) is 0. The predicted octanol–water partition coefficient (Wildman–Crippen LogP) is 2.33. The van der Waals surface area contributed by atoms with Gasteiger partial charge in [-0.3, -0.25) is 4.79 Å². The minimum Gasteiger partial charge on any atom is -0.347 e. The Labute approximate surface area is 103 Å². The van der Waals surface area contributed by atoms with Crippen LogP contribution in [0.15, 0.2) is 35.3 Å². The topological polar surface area (TPSA) is 48.3 Å². The van der Waals surface area contributed by atoms with Crippen LogP contribution in [-0.4, -0.2) is 10.5 Å². The average Bonchev–Trinajstić information content (AvgIpc) is 2.39. The Hall–Kier alpha value is -1.81. The summed E-state index contributed by atoms with van der Waals surface area (Å²) in [5.41, 5.74) is 0.364. The van der Waals surface area contributed by atoms with Crippen LogP contribution in [0.1, 0.15) is 17.3 Å². The van der Waals surface area contributed by atoms with Crippen LogP contribution in [0.2, 0.25) is 0 Å². The van der Waals surface area contributed by atoms with E-state index in [4.69, 9.17) is 11.9 Å². The van der Waals surface area contributed by atoms with Crippen molar-refractivity contribution >= 4 is 28.7 Å². The first-order valence-corrected chi connectivity index (χ1v) is 5.45. The van der Waals surface area contributed by atoms with E-state index in [1.807, 2.05) is 19.1 Å². The molecule has 0 fully saturated rings. The summed E-state index contributed by atoms with van der Waals surface area (Å²) in [4.78, 5) is 23.4. The zero-order valence-corrected chi connectivity index (χ0v) is 9.90. The molecule has 5 heteroatoms. The van der Waals surface area contributed by atoms with Crippen LogP contribution >= 0.6 is 11.9 Å². The molecule has 2 aromatic rings. The van der Waals surface area contributed by atoms with Crippen molar-refractivity contribution < 1.29 is 9.08 Å². The molecule has 0 saturated heterocycles. The maximum atomic E-state index is 12.0. The van der Waals surface area contributed by atoms with Crippen LogP contribution in [0.3, 0.4) is 0 Å². The summed E-state index contributed by atoms with van der Waals surface area (Å²) in [6.07, 6.45) is 1.47. The smallest absolute Gasteiger partial charge is 0.347 e. The fourth-order valence-corrected chi connectivity index (χ4v) is 1.88. The standard InChI is InChI=1S/C12H10ClNO3/c1-2-14-7-9(12(16)17-13)11(15)8-5-3-4-6-10(8)14/h3-7H,2H2,1H3. The van der Waals surface area contributed by atoms with Crippen LogP contribution in [0.5, 0.6) is 0 Å². The Morgan fingerprint density at radius 1 is 1.41 bits per heavy atom. The number of benzene rings is 1. The monoisotopic (exact) mass is 251 g/mol. The van der Waals surface area contributed by atoms with E-state index in [1.165, 1.54) is 6.20 Å². The van der Waals surface area contributed by atoms with Gasteiger partial charge in [0.15, 0.2) is 0 Å². The Balaban J connectivity index is 2.85. The highest BCUT2D eigenvalue weighted by molar-refractivity contribution is 6.16. The number of hydrogen-bond acceptors (Lipinski definition) is 3. The lowest BCUT2D eigenvalue weighted by Crippen LogP contribution is -2.19. The zero-order valence-electron chi connectivity index (χ0n) is 9.14. The highest BCUT2D eigenvalue weighted by Gasteiger charge is 2.15. The largest absolute Gasteiger partial charge is 0.361 e. The Morgan fingerprint density at radius 3 is 2.76 bits per heavy atom. The van der Waals surface area contributed by atoms with Gasteiger partial charge in [-0.05, 0) is 19.1 Å². The maximum Gasteiger partial charge on any atom is 0.361 e. The molecule has 1 heterocycles. The molecule has 88 valence electrons. The minimum atomic E-state index is -0.829. The van der Waals surface area contributed by atoms with Crippen molar-refractivity contribution in [2.45, 2.75) is 13.5 Å². The van der Waals surface area contributed by atoms with Gasteiger partial charge in [-0.25, -0.2) is 4.79 Å². The SMILES string of the molecule is CCn1cc(C(=O)OCl)c(=O)c2ccccc21. The number of rotatable bonds is 2. The first-order chi connectivity index (χ1) is 8.19. The molecule has 0 spiro atoms. The van der Waals surface area contributed by atoms with E-state index >= 15 is 0 Å². The van der Waals surface area contributed by atoms with Crippen molar-refractivity contribution in [2.75, 3.05) is 0 Å². The molecule has 0 aliphatic rings. The van der Waals surface area contributed by atoms with Crippen molar-refractivity contribution in [2.24, 2.45) is 0 Å². The molecular weight excluding hydrogens is 242 g/mol. The number of pyridine rings is 1. The number of para-hydroxylation sites is 1. The highest BCUT2D eigenvalue weighted by Crippen LogP contribution is 2.12. The van der Waals surface area contributed by atoms with Gasteiger partial charge < -0.3 is 8.86 Å². The fourth-order valence-electron chi connectivity index (χ4n) is 1.79. The van der Waals surface area contributed by atoms with Gasteiger partial charge in [0.25, 0.3) is 0 Å². The third-order valence-electron chi connectivity index (χ3n) is 2.62. The van der Waals surface area contributed by atoms with Crippen LogP contribution < -0.4 is 5.43 Å². The minimum absolute atomic E-state index is 0.0550. The molecular formula is C12H10ClNO3. The molecule has 0 N–H and O–H groups in total. The van der Waals surface area contributed by atoms with E-state index in [1.54, 1.807) is 16.7 Å². The van der Waals surface area contributed by atoms with E-state index in [2.05, 4.69) is 4.29 Å². The number of halogens is 1. The Bertz CT molecular complexity index is 633. The first kappa shape index (κ1) is 11.7. The molecule has 0 unspecified atom stereocenters. The van der Waals surface area contributed by atoms with Crippen LogP contribution in [0.25, 0.3) is 10.9 Å². The summed E-state index contributed by atoms with van der Waals surface area (Å²) in [6, 6.07) is 7.10. The number of carbonyl (C=O) groups is 1. The molecule has 1 aromatic carbocycles. The second kappa shape index (κ2) is 4.59. The van der Waals surface area contributed by atoms with Gasteiger partial charge in [0.1, 0.15) is 17.4 Å². The van der Waals surface area contributed by atoms with Gasteiger partial charge >= 0.3 is 5.97 Å². The van der Waals surface area contributed by atoms with E-state index in [9.17, 15) is 9.59 Å². The van der Waals surface area contributed by atoms with Crippen LogP contribution in [0, 0.1) is 0 Å². The quantitative estimate of drug-likeness (QED) is 0.823. The van der Waals surface area contributed by atoms with Gasteiger partial charge in [-0.15, -0.1) is 0 Å². The molecule has 2 rings (SSSR count). The molecule has 0 amide bonds. The normalized spacial score (nSPS) is 10.5. The second-order valence-corrected chi connectivity index (χ2v) is 3.69. The van der Waals surface area contributed by atoms with E-state index < -0.39 is 5.97 Å². The van der Waals surface area contributed by atoms with Gasteiger partial charge in [-0.1, -0.05) is 12.1 Å². The molecule has 0 saturated carbocycles. The summed E-state index contributed by atoms with van der Waals surface area (Å²) >= 11 is 5.01. The Kier molecular flexibility index (Phi) is 3.15. The lowest BCUT2D eigenvalue weighted by molar-refractivity contribution is 0.0749. The molecule has 4 nitrogen and oxygen atoms in total. The van der Waals surface area contributed by atoms with Gasteiger partial charge in [0.2, 0.25) is 5.43 Å². The van der Waals surface area contributed by atoms with Gasteiger partial charge in [-0.2, -0.15) is 0 Å². The van der Waals surface area contributed by atoms with Gasteiger partial charge in [0, 0.05) is 18.1 Å². The molecule has 0 atom stereocenters. The highest BCUT2D eigenvalue weighted by atomic mass is 35.5. The third-order valence-corrected chi connectivity index (χ3v) is 2.76. The first-order valence-electron chi connectivity index (χ1n) is 5.14. The molecule has 1 aromatic heterocycles. The second-order valence-electron chi connectivity index (χ2n) is 3.54. The van der Waals surface area contributed by atoms with Crippen molar-refractivity contribution in [3.63, 3.8) is 0 Å². The van der Waals surface area contributed by atoms with Gasteiger partial charge in [0.05, 0.1) is 5.52 Å². The van der Waals surface area contributed by atoms with E-state index in [-0.39, 0.29) is 11.0 Å². The van der Waals surface area contributed by atoms with E-state index in [0.29, 0.717) is 11.9 Å². The van der Waals surface area contributed by atoms with Crippen molar-refractivity contribution in [3.05, 3.63) is 46.2 Å². The number of nitrogens with zero attached hydrogens (tertiary/aromatic N) is 1. The van der Waals surface area contributed by atoms with E-state index in [0.717, 1.165) is 5.52 Å². The molecule has 17 heavy (non-hydrogen) atoms. The molecule has 0 radical (unpaired) electrons. The zero-order chi connectivity index (χ0) is 12.4. The van der Waals surface area contributed by atoms with Crippen LogP contribution in [-0.2, 0) is 10.8 Å². The number of aromatic nitrogens is 1. The molecule has 0 aliphatic heterocycles. The average molecular weight is 252 g/mol. The summed E-state index contributed by atoms with van der Waals surface area (Å²) in [5.74, 6) is -0.829. The summed E-state index contributed by atoms with van der Waals surface area (Å²) in [7, 11) is 0. The van der Waals surface area contributed by atoms with Crippen molar-refractivity contribution in [1.82, 2.24) is 4.57 Å². The van der Waals surface area contributed by atoms with Crippen molar-refractivity contribution in [1.29, 1.82) is 0 Å². The Morgan fingerprint density at radius 2 is 2.12 bits per heavy atom. The lowest BCUT2D eigenvalue weighted by Gasteiger charge is -2.09. The molecule has 0 aliphatic carbocycles. The summed E-state index contributed by atoms with van der Waals surface area (Å²) < 4.78 is 5.89. The molecule has 0 bridgehead atoms. The predicted molar refractivity (Wildman–Crippen MR) is 65.2 cm³/mol. The van der Waals surface area contributed by atoms with Crippen molar-refractivity contribution in [3.8, 4) is 0 Å². The summed E-state index contributed by atoms with van der Waals surface area (Å²) in [5, 5.41) is 0.480. The number of carbonyl (C=O) groups excluding carboxylic acids is 1. The van der Waals surface area contributed by atoms with Crippen LogP contribution in [0.4, 0.5) is 0 Å². The summed E-state index contributed by atoms with van der Waals surface area (Å²) in [6.45, 7) is 2.57. The fraction of sp³-hybridized carbons (Fsp3) is 0.167.